The average molecular weight is 211 g/mol. The van der Waals surface area contributed by atoms with Crippen molar-refractivity contribution in [3.8, 4) is 6.07 Å². The standard InChI is InChI=1S/C12H21NO2/c1-10(2)11-3-5-12(9-13,6-4-11)15-8-7-14/h10-11,14H,3-8H2,1-2H3. The molecule has 1 aliphatic rings. The molecule has 0 spiro atoms. The van der Waals surface area contributed by atoms with E-state index in [1.54, 1.807) is 0 Å². The van der Waals surface area contributed by atoms with Crippen LogP contribution in [0.15, 0.2) is 0 Å². The molecule has 15 heavy (non-hydrogen) atoms. The molecule has 0 radical (unpaired) electrons. The highest BCUT2D eigenvalue weighted by Crippen LogP contribution is 2.37. The monoisotopic (exact) mass is 211 g/mol. The molecule has 0 unspecified atom stereocenters. The molecule has 0 aromatic heterocycles. The summed E-state index contributed by atoms with van der Waals surface area (Å²) in [5.41, 5.74) is -0.617. The summed E-state index contributed by atoms with van der Waals surface area (Å²) in [6.07, 6.45) is 3.76. The van der Waals surface area contributed by atoms with Crippen LogP contribution in [0, 0.1) is 23.2 Å². The van der Waals surface area contributed by atoms with Gasteiger partial charge in [-0.1, -0.05) is 13.8 Å². The predicted molar refractivity (Wildman–Crippen MR) is 58.2 cm³/mol. The van der Waals surface area contributed by atoms with Crippen molar-refractivity contribution in [3.63, 3.8) is 0 Å². The number of nitrogens with zero attached hydrogens (tertiary/aromatic N) is 1. The minimum absolute atomic E-state index is 0.00294. The molecular weight excluding hydrogens is 190 g/mol. The van der Waals surface area contributed by atoms with Gasteiger partial charge in [-0.25, -0.2) is 0 Å². The van der Waals surface area contributed by atoms with Gasteiger partial charge in [0.1, 0.15) is 0 Å². The normalized spacial score (nSPS) is 31.5. The molecule has 0 heterocycles. The molecule has 3 nitrogen and oxygen atoms in total. The number of hydrogen-bond donors (Lipinski definition) is 1. The minimum Gasteiger partial charge on any atom is -0.394 e. The van der Waals surface area contributed by atoms with Crippen LogP contribution in [-0.4, -0.2) is 23.9 Å². The van der Waals surface area contributed by atoms with Gasteiger partial charge in [0, 0.05) is 0 Å². The Morgan fingerprint density at radius 3 is 2.47 bits per heavy atom. The fourth-order valence-electron chi connectivity index (χ4n) is 2.30. The fraction of sp³-hybridized carbons (Fsp3) is 0.917. The summed E-state index contributed by atoms with van der Waals surface area (Å²) in [7, 11) is 0. The Kier molecular flexibility index (Phi) is 4.56. The summed E-state index contributed by atoms with van der Waals surface area (Å²) in [5.74, 6) is 1.42. The lowest BCUT2D eigenvalue weighted by Gasteiger charge is -2.36. The molecule has 0 aromatic carbocycles. The van der Waals surface area contributed by atoms with Crippen LogP contribution in [0.1, 0.15) is 39.5 Å². The molecule has 1 rings (SSSR count). The predicted octanol–water partition coefficient (Wildman–Crippen LogP) is 2.10. The van der Waals surface area contributed by atoms with Crippen LogP contribution in [0.2, 0.25) is 0 Å². The second-order valence-corrected chi connectivity index (χ2v) is 4.76. The summed E-state index contributed by atoms with van der Waals surface area (Å²) in [4.78, 5) is 0. The van der Waals surface area contributed by atoms with Gasteiger partial charge >= 0.3 is 0 Å². The second-order valence-electron chi connectivity index (χ2n) is 4.76. The van der Waals surface area contributed by atoms with Crippen molar-refractivity contribution < 1.29 is 9.84 Å². The van der Waals surface area contributed by atoms with Crippen LogP contribution in [0.5, 0.6) is 0 Å². The summed E-state index contributed by atoms with van der Waals surface area (Å²) in [5, 5.41) is 17.8. The van der Waals surface area contributed by atoms with E-state index in [-0.39, 0.29) is 13.2 Å². The van der Waals surface area contributed by atoms with Crippen LogP contribution < -0.4 is 0 Å². The number of ether oxygens (including phenoxy) is 1. The third kappa shape index (κ3) is 3.19. The van der Waals surface area contributed by atoms with E-state index >= 15 is 0 Å². The number of aliphatic hydroxyl groups excluding tert-OH is 1. The number of hydrogen-bond acceptors (Lipinski definition) is 3. The molecule has 0 aliphatic heterocycles. The van der Waals surface area contributed by atoms with E-state index in [1.165, 1.54) is 0 Å². The lowest BCUT2D eigenvalue weighted by molar-refractivity contribution is -0.0521. The van der Waals surface area contributed by atoms with E-state index in [2.05, 4.69) is 19.9 Å². The zero-order valence-electron chi connectivity index (χ0n) is 9.70. The Labute approximate surface area is 92.0 Å². The Hall–Kier alpha value is -0.590. The molecule has 0 saturated heterocycles. The van der Waals surface area contributed by atoms with Crippen LogP contribution in [-0.2, 0) is 4.74 Å². The topological polar surface area (TPSA) is 53.2 Å². The number of nitriles is 1. The maximum Gasteiger partial charge on any atom is 0.154 e. The van der Waals surface area contributed by atoms with E-state index < -0.39 is 5.60 Å². The van der Waals surface area contributed by atoms with Crippen molar-refractivity contribution in [2.45, 2.75) is 45.1 Å². The van der Waals surface area contributed by atoms with Crippen LogP contribution >= 0.6 is 0 Å². The molecule has 0 bridgehead atoms. The Morgan fingerprint density at radius 1 is 1.47 bits per heavy atom. The third-order valence-corrected chi connectivity index (χ3v) is 3.45. The molecule has 0 atom stereocenters. The molecule has 1 saturated carbocycles. The number of aliphatic hydroxyl groups is 1. The third-order valence-electron chi connectivity index (χ3n) is 3.45. The quantitative estimate of drug-likeness (QED) is 0.774. The van der Waals surface area contributed by atoms with E-state index in [4.69, 9.17) is 15.1 Å². The number of rotatable bonds is 4. The summed E-state index contributed by atoms with van der Waals surface area (Å²) < 4.78 is 5.49. The lowest BCUT2D eigenvalue weighted by atomic mass is 9.75. The maximum absolute atomic E-state index is 9.14. The van der Waals surface area contributed by atoms with Gasteiger partial charge in [-0.15, -0.1) is 0 Å². The molecule has 1 aliphatic carbocycles. The van der Waals surface area contributed by atoms with Crippen molar-refractivity contribution >= 4 is 0 Å². The summed E-state index contributed by atoms with van der Waals surface area (Å²) >= 11 is 0. The van der Waals surface area contributed by atoms with Crippen molar-refractivity contribution in [1.82, 2.24) is 0 Å². The van der Waals surface area contributed by atoms with Gasteiger partial charge in [-0.05, 0) is 37.5 Å². The van der Waals surface area contributed by atoms with Gasteiger partial charge in [0.25, 0.3) is 0 Å². The molecular formula is C12H21NO2. The van der Waals surface area contributed by atoms with Crippen molar-refractivity contribution in [1.29, 1.82) is 5.26 Å². The van der Waals surface area contributed by atoms with Crippen molar-refractivity contribution in [2.24, 2.45) is 11.8 Å². The van der Waals surface area contributed by atoms with E-state index in [1.807, 2.05) is 0 Å². The van der Waals surface area contributed by atoms with Crippen LogP contribution in [0.4, 0.5) is 0 Å². The van der Waals surface area contributed by atoms with Gasteiger partial charge in [-0.3, -0.25) is 0 Å². The molecule has 1 N–H and O–H groups in total. The minimum atomic E-state index is -0.617. The van der Waals surface area contributed by atoms with Crippen molar-refractivity contribution in [2.75, 3.05) is 13.2 Å². The zero-order chi connectivity index (χ0) is 11.3. The van der Waals surface area contributed by atoms with Gasteiger partial charge in [0.15, 0.2) is 5.60 Å². The zero-order valence-corrected chi connectivity index (χ0v) is 9.70. The van der Waals surface area contributed by atoms with E-state index in [9.17, 15) is 0 Å². The highest BCUT2D eigenvalue weighted by molar-refractivity contribution is 5.04. The highest BCUT2D eigenvalue weighted by atomic mass is 16.5. The van der Waals surface area contributed by atoms with Crippen LogP contribution in [0.3, 0.4) is 0 Å². The van der Waals surface area contributed by atoms with E-state index in [0.29, 0.717) is 5.92 Å². The van der Waals surface area contributed by atoms with E-state index in [0.717, 1.165) is 31.6 Å². The first-order valence-electron chi connectivity index (χ1n) is 5.79. The Bertz CT molecular complexity index is 224. The summed E-state index contributed by atoms with van der Waals surface area (Å²) in [6, 6.07) is 2.28. The van der Waals surface area contributed by atoms with Gasteiger partial charge in [-0.2, -0.15) is 5.26 Å². The first kappa shape index (κ1) is 12.5. The fourth-order valence-corrected chi connectivity index (χ4v) is 2.30. The molecule has 1 fully saturated rings. The first-order valence-corrected chi connectivity index (χ1v) is 5.79. The van der Waals surface area contributed by atoms with Crippen molar-refractivity contribution in [3.05, 3.63) is 0 Å². The molecule has 3 heteroatoms. The molecule has 86 valence electrons. The largest absolute Gasteiger partial charge is 0.394 e. The smallest absolute Gasteiger partial charge is 0.154 e. The summed E-state index contributed by atoms with van der Waals surface area (Å²) in [6.45, 7) is 4.74. The molecule has 0 aromatic rings. The Morgan fingerprint density at radius 2 is 2.07 bits per heavy atom. The van der Waals surface area contributed by atoms with Crippen LogP contribution in [0.25, 0.3) is 0 Å². The molecule has 0 amide bonds. The highest BCUT2D eigenvalue weighted by Gasteiger charge is 2.36. The average Bonchev–Trinajstić information content (AvgIpc) is 2.27. The lowest BCUT2D eigenvalue weighted by Crippen LogP contribution is -2.37. The first-order chi connectivity index (χ1) is 7.13. The van der Waals surface area contributed by atoms with Gasteiger partial charge < -0.3 is 9.84 Å². The van der Waals surface area contributed by atoms with Gasteiger partial charge in [0.05, 0.1) is 19.3 Å². The Balaban J connectivity index is 2.48. The SMILES string of the molecule is CC(C)C1CCC(C#N)(OCCO)CC1. The second kappa shape index (κ2) is 5.48. The van der Waals surface area contributed by atoms with Gasteiger partial charge in [0.2, 0.25) is 0 Å². The maximum atomic E-state index is 9.14.